The molecule has 3 fully saturated rings. The maximum Gasteiger partial charge on any atom is 0.220 e. The van der Waals surface area contributed by atoms with Crippen LogP contribution in [0.1, 0.15) is 44.9 Å². The lowest BCUT2D eigenvalue weighted by Gasteiger charge is -2.27. The smallest absolute Gasteiger partial charge is 0.220 e. The van der Waals surface area contributed by atoms with Crippen molar-refractivity contribution in [3.63, 3.8) is 0 Å². The highest BCUT2D eigenvalue weighted by Gasteiger charge is 2.39. The van der Waals surface area contributed by atoms with E-state index in [1.807, 2.05) is 0 Å². The van der Waals surface area contributed by atoms with E-state index in [0.29, 0.717) is 0 Å². The number of likely N-dealkylation sites (tertiary alicyclic amines) is 1. The fourth-order valence-electron chi connectivity index (χ4n) is 3.25. The summed E-state index contributed by atoms with van der Waals surface area (Å²) in [6.07, 6.45) is 8.33. The highest BCUT2D eigenvalue weighted by atomic mass is 16.2. The second-order valence-corrected chi connectivity index (χ2v) is 5.93. The molecule has 1 atom stereocenters. The molecule has 3 aliphatic rings. The topological polar surface area (TPSA) is 32.3 Å². The van der Waals surface area contributed by atoms with Gasteiger partial charge in [0.05, 0.1) is 0 Å². The van der Waals surface area contributed by atoms with Gasteiger partial charge in [-0.2, -0.15) is 0 Å². The Bertz CT molecular complexity index is 288. The summed E-state index contributed by atoms with van der Waals surface area (Å²) < 4.78 is 0. The Hall–Kier alpha value is -0.570. The molecule has 0 aromatic heterocycles. The standard InChI is InChI=1S/C13H22N2O/c16-12-4-6-13(14-12)5-1-8-15(9-7-13)10-11-2-3-11/h11H,1-10H2,(H,14,16)/t13-/m1/s1. The molecule has 0 bridgehead atoms. The Labute approximate surface area is 97.6 Å². The van der Waals surface area contributed by atoms with Crippen LogP contribution in [0.4, 0.5) is 0 Å². The first-order chi connectivity index (χ1) is 7.76. The van der Waals surface area contributed by atoms with Crippen LogP contribution in [0.3, 0.4) is 0 Å². The minimum atomic E-state index is 0.176. The third kappa shape index (κ3) is 2.24. The molecule has 16 heavy (non-hydrogen) atoms. The van der Waals surface area contributed by atoms with E-state index in [2.05, 4.69) is 10.2 Å². The Morgan fingerprint density at radius 2 is 2.12 bits per heavy atom. The normalized spacial score (nSPS) is 36.4. The molecule has 0 unspecified atom stereocenters. The number of nitrogens with one attached hydrogen (secondary N) is 1. The zero-order chi connectivity index (χ0) is 11.0. The fourth-order valence-corrected chi connectivity index (χ4v) is 3.25. The summed E-state index contributed by atoms with van der Waals surface area (Å²) in [5.41, 5.74) is 0.176. The van der Waals surface area contributed by atoms with Gasteiger partial charge < -0.3 is 10.2 Å². The monoisotopic (exact) mass is 222 g/mol. The number of rotatable bonds is 2. The largest absolute Gasteiger partial charge is 0.351 e. The number of carbonyl (C=O) groups excluding carboxylic acids is 1. The van der Waals surface area contributed by atoms with E-state index in [-0.39, 0.29) is 11.4 Å². The van der Waals surface area contributed by atoms with Gasteiger partial charge in [0.2, 0.25) is 5.91 Å². The van der Waals surface area contributed by atoms with Gasteiger partial charge in [0.25, 0.3) is 0 Å². The zero-order valence-corrected chi connectivity index (χ0v) is 10.0. The van der Waals surface area contributed by atoms with Crippen LogP contribution in [0.25, 0.3) is 0 Å². The molecule has 1 amide bonds. The average molecular weight is 222 g/mol. The highest BCUT2D eigenvalue weighted by molar-refractivity contribution is 5.79. The predicted octanol–water partition coefficient (Wildman–Crippen LogP) is 1.53. The molecule has 3 heteroatoms. The van der Waals surface area contributed by atoms with Gasteiger partial charge in [0.15, 0.2) is 0 Å². The van der Waals surface area contributed by atoms with Crippen LogP contribution in [-0.4, -0.2) is 36.0 Å². The third-order valence-corrected chi connectivity index (χ3v) is 4.48. The Balaban J connectivity index is 1.57. The van der Waals surface area contributed by atoms with E-state index in [4.69, 9.17) is 0 Å². The summed E-state index contributed by atoms with van der Waals surface area (Å²) in [4.78, 5) is 14.0. The average Bonchev–Trinajstić information content (AvgIpc) is 3.01. The molecular formula is C13H22N2O. The van der Waals surface area contributed by atoms with Gasteiger partial charge in [-0.3, -0.25) is 4.79 Å². The first kappa shape index (κ1) is 10.6. The zero-order valence-electron chi connectivity index (χ0n) is 10.0. The molecule has 2 aliphatic heterocycles. The molecular weight excluding hydrogens is 200 g/mol. The van der Waals surface area contributed by atoms with E-state index in [1.54, 1.807) is 0 Å². The Morgan fingerprint density at radius 1 is 1.25 bits per heavy atom. The van der Waals surface area contributed by atoms with E-state index in [1.165, 1.54) is 51.7 Å². The quantitative estimate of drug-likeness (QED) is 0.768. The van der Waals surface area contributed by atoms with Crippen molar-refractivity contribution >= 4 is 5.91 Å². The molecule has 3 rings (SSSR count). The van der Waals surface area contributed by atoms with Crippen LogP contribution in [-0.2, 0) is 4.79 Å². The summed E-state index contributed by atoms with van der Waals surface area (Å²) in [6, 6.07) is 0. The molecule has 2 heterocycles. The lowest BCUT2D eigenvalue weighted by Crippen LogP contribution is -2.42. The number of hydrogen-bond donors (Lipinski definition) is 1. The van der Waals surface area contributed by atoms with Crippen LogP contribution >= 0.6 is 0 Å². The SMILES string of the molecule is O=C1CC[C@@]2(CCCN(CC3CC3)CC2)N1. The fraction of sp³-hybridized carbons (Fsp3) is 0.923. The van der Waals surface area contributed by atoms with Gasteiger partial charge in [-0.15, -0.1) is 0 Å². The van der Waals surface area contributed by atoms with Crippen molar-refractivity contribution in [2.24, 2.45) is 5.92 Å². The third-order valence-electron chi connectivity index (χ3n) is 4.48. The summed E-state index contributed by atoms with van der Waals surface area (Å²) in [5, 5.41) is 3.23. The molecule has 1 aliphatic carbocycles. The lowest BCUT2D eigenvalue weighted by atomic mass is 9.89. The molecule has 1 N–H and O–H groups in total. The number of carbonyl (C=O) groups is 1. The molecule has 1 spiro atoms. The molecule has 0 aromatic carbocycles. The summed E-state index contributed by atoms with van der Waals surface area (Å²) in [6.45, 7) is 3.74. The maximum atomic E-state index is 11.4. The van der Waals surface area contributed by atoms with Crippen molar-refractivity contribution in [1.82, 2.24) is 10.2 Å². The van der Waals surface area contributed by atoms with Gasteiger partial charge in [-0.05, 0) is 51.0 Å². The van der Waals surface area contributed by atoms with Crippen LogP contribution in [0.2, 0.25) is 0 Å². The van der Waals surface area contributed by atoms with Crippen molar-refractivity contribution < 1.29 is 4.79 Å². The molecule has 0 aromatic rings. The first-order valence-corrected chi connectivity index (χ1v) is 6.79. The van der Waals surface area contributed by atoms with Crippen LogP contribution in [0.15, 0.2) is 0 Å². The van der Waals surface area contributed by atoms with Gasteiger partial charge in [0.1, 0.15) is 0 Å². The lowest BCUT2D eigenvalue weighted by molar-refractivity contribution is -0.119. The Morgan fingerprint density at radius 3 is 2.81 bits per heavy atom. The number of nitrogens with zero attached hydrogens (tertiary/aromatic N) is 1. The molecule has 2 saturated heterocycles. The predicted molar refractivity (Wildman–Crippen MR) is 63.1 cm³/mol. The van der Waals surface area contributed by atoms with Crippen molar-refractivity contribution in [2.75, 3.05) is 19.6 Å². The van der Waals surface area contributed by atoms with E-state index in [9.17, 15) is 4.79 Å². The van der Waals surface area contributed by atoms with Crippen LogP contribution in [0.5, 0.6) is 0 Å². The molecule has 3 nitrogen and oxygen atoms in total. The Kier molecular flexibility index (Phi) is 2.66. The minimum Gasteiger partial charge on any atom is -0.351 e. The van der Waals surface area contributed by atoms with Gasteiger partial charge >= 0.3 is 0 Å². The summed E-state index contributed by atoms with van der Waals surface area (Å²) in [7, 11) is 0. The van der Waals surface area contributed by atoms with Crippen molar-refractivity contribution in [1.29, 1.82) is 0 Å². The van der Waals surface area contributed by atoms with Crippen molar-refractivity contribution in [3.8, 4) is 0 Å². The van der Waals surface area contributed by atoms with E-state index >= 15 is 0 Å². The van der Waals surface area contributed by atoms with Crippen LogP contribution < -0.4 is 5.32 Å². The maximum absolute atomic E-state index is 11.4. The van der Waals surface area contributed by atoms with E-state index in [0.717, 1.165) is 18.8 Å². The van der Waals surface area contributed by atoms with Crippen LogP contribution in [0, 0.1) is 5.92 Å². The van der Waals surface area contributed by atoms with Crippen molar-refractivity contribution in [3.05, 3.63) is 0 Å². The first-order valence-electron chi connectivity index (χ1n) is 6.79. The second kappa shape index (κ2) is 4.02. The van der Waals surface area contributed by atoms with Crippen molar-refractivity contribution in [2.45, 2.75) is 50.5 Å². The summed E-state index contributed by atoms with van der Waals surface area (Å²) >= 11 is 0. The minimum absolute atomic E-state index is 0.176. The second-order valence-electron chi connectivity index (χ2n) is 5.93. The van der Waals surface area contributed by atoms with Gasteiger partial charge in [0, 0.05) is 25.0 Å². The van der Waals surface area contributed by atoms with E-state index < -0.39 is 0 Å². The number of hydrogen-bond acceptors (Lipinski definition) is 2. The molecule has 90 valence electrons. The number of amides is 1. The summed E-state index contributed by atoms with van der Waals surface area (Å²) in [5.74, 6) is 1.27. The highest BCUT2D eigenvalue weighted by Crippen LogP contribution is 2.34. The molecule has 0 radical (unpaired) electrons. The van der Waals surface area contributed by atoms with Gasteiger partial charge in [-0.25, -0.2) is 0 Å². The molecule has 1 saturated carbocycles. The van der Waals surface area contributed by atoms with Gasteiger partial charge in [-0.1, -0.05) is 0 Å².